The Morgan fingerprint density at radius 3 is 2.41 bits per heavy atom. The number of carbonyl (C=O) groups is 1. The molecule has 1 aromatic heterocycles. The highest BCUT2D eigenvalue weighted by Gasteiger charge is 2.22. The monoisotopic (exact) mass is 379 g/mol. The van der Waals surface area contributed by atoms with E-state index >= 15 is 0 Å². The fourth-order valence-electron chi connectivity index (χ4n) is 2.86. The van der Waals surface area contributed by atoms with Gasteiger partial charge in [0.15, 0.2) is 0 Å². The first-order valence-corrected chi connectivity index (χ1v) is 9.14. The number of benzene rings is 2. The van der Waals surface area contributed by atoms with Crippen molar-refractivity contribution in [1.82, 2.24) is 5.16 Å². The molecule has 0 radical (unpaired) electrons. The third-order valence-corrected chi connectivity index (χ3v) is 5.16. The summed E-state index contributed by atoms with van der Waals surface area (Å²) >= 11 is 1.74. The lowest BCUT2D eigenvalue weighted by Gasteiger charge is -2.31. The number of hydrogen-bond acceptors (Lipinski definition) is 6. The van der Waals surface area contributed by atoms with Gasteiger partial charge in [-0.25, -0.2) is 4.79 Å². The summed E-state index contributed by atoms with van der Waals surface area (Å²) in [5.74, 6) is 0.827. The third-order valence-electron chi connectivity index (χ3n) is 4.03. The first kappa shape index (κ1) is 17.2. The van der Waals surface area contributed by atoms with Crippen molar-refractivity contribution in [1.29, 1.82) is 0 Å². The summed E-state index contributed by atoms with van der Waals surface area (Å²) in [6.45, 7) is 2.20. The summed E-state index contributed by atoms with van der Waals surface area (Å²) in [6.07, 6.45) is 1.64. The molecule has 2 amide bonds. The van der Waals surface area contributed by atoms with E-state index in [9.17, 15) is 4.79 Å². The molecular formula is C19H17N5O2S. The standard InChI is InChI=1S/C19H17N5O2S/c1-13-12-18(22-26-13)24(19(20)25)21-10-11-23-14-6-2-4-8-16(14)27-17-9-5-3-7-15(17)23/h2-10,12H,11H2,1H3,(H2,20,25). The molecule has 3 aromatic rings. The first-order valence-electron chi connectivity index (χ1n) is 8.32. The molecule has 2 heterocycles. The van der Waals surface area contributed by atoms with Crippen LogP contribution in [0.2, 0.25) is 0 Å². The molecular weight excluding hydrogens is 362 g/mol. The highest BCUT2D eigenvalue weighted by molar-refractivity contribution is 7.99. The number of fused-ring (bicyclic) bond motifs is 2. The van der Waals surface area contributed by atoms with Gasteiger partial charge in [-0.15, -0.1) is 0 Å². The summed E-state index contributed by atoms with van der Waals surface area (Å²) < 4.78 is 5.00. The minimum atomic E-state index is -0.727. The first-order chi connectivity index (χ1) is 13.1. The van der Waals surface area contributed by atoms with Crippen LogP contribution in [0.4, 0.5) is 22.0 Å². The number of hydrogen-bond donors (Lipinski definition) is 1. The number of aromatic nitrogens is 1. The van der Waals surface area contributed by atoms with Crippen molar-refractivity contribution in [2.75, 3.05) is 16.5 Å². The van der Waals surface area contributed by atoms with Gasteiger partial charge in [-0.05, 0) is 31.2 Å². The lowest BCUT2D eigenvalue weighted by Crippen LogP contribution is -2.32. The van der Waals surface area contributed by atoms with Gasteiger partial charge in [0, 0.05) is 22.1 Å². The fourth-order valence-corrected chi connectivity index (χ4v) is 3.96. The van der Waals surface area contributed by atoms with Crippen molar-refractivity contribution in [3.05, 3.63) is 60.4 Å². The SMILES string of the molecule is Cc1cc(N(N=CCN2c3ccccc3Sc3ccccc32)C(N)=O)no1. The van der Waals surface area contributed by atoms with Crippen LogP contribution in [0.15, 0.2) is 74.0 Å². The Hall–Kier alpha value is -3.26. The van der Waals surface area contributed by atoms with E-state index < -0.39 is 6.03 Å². The quantitative estimate of drug-likeness (QED) is 0.543. The van der Waals surface area contributed by atoms with Crippen LogP contribution >= 0.6 is 11.8 Å². The molecule has 0 fully saturated rings. The summed E-state index contributed by atoms with van der Waals surface area (Å²) in [7, 11) is 0. The second-order valence-electron chi connectivity index (χ2n) is 5.89. The van der Waals surface area contributed by atoms with Gasteiger partial charge in [0.25, 0.3) is 0 Å². The maximum absolute atomic E-state index is 11.7. The van der Waals surface area contributed by atoms with E-state index in [-0.39, 0.29) is 5.82 Å². The Balaban J connectivity index is 1.62. The summed E-state index contributed by atoms with van der Waals surface area (Å²) in [4.78, 5) is 16.2. The molecule has 0 saturated heterocycles. The molecule has 7 nitrogen and oxygen atoms in total. The van der Waals surface area contributed by atoms with Crippen LogP contribution in [-0.4, -0.2) is 23.9 Å². The Morgan fingerprint density at radius 2 is 1.85 bits per heavy atom. The molecule has 2 aromatic carbocycles. The third kappa shape index (κ3) is 3.39. The van der Waals surface area contributed by atoms with Gasteiger partial charge in [-0.1, -0.05) is 41.2 Å². The van der Waals surface area contributed by atoms with Crippen LogP contribution < -0.4 is 15.6 Å². The number of primary amides is 1. The van der Waals surface area contributed by atoms with E-state index in [0.29, 0.717) is 12.3 Å². The number of urea groups is 1. The van der Waals surface area contributed by atoms with E-state index in [4.69, 9.17) is 10.3 Å². The number of nitrogens with zero attached hydrogens (tertiary/aromatic N) is 4. The number of anilines is 3. The maximum Gasteiger partial charge on any atom is 0.341 e. The smallest absolute Gasteiger partial charge is 0.341 e. The molecule has 8 heteroatoms. The number of carbonyl (C=O) groups excluding carboxylic acids is 1. The van der Waals surface area contributed by atoms with E-state index in [1.165, 1.54) is 9.79 Å². The van der Waals surface area contributed by atoms with Crippen molar-refractivity contribution in [2.45, 2.75) is 16.7 Å². The van der Waals surface area contributed by atoms with Crippen LogP contribution in [0.5, 0.6) is 0 Å². The van der Waals surface area contributed by atoms with Crippen molar-refractivity contribution in [3.8, 4) is 0 Å². The molecule has 0 atom stereocenters. The second-order valence-corrected chi connectivity index (χ2v) is 6.98. The molecule has 0 bridgehead atoms. The van der Waals surface area contributed by atoms with Gasteiger partial charge in [0.2, 0.25) is 5.82 Å². The van der Waals surface area contributed by atoms with E-state index in [1.54, 1.807) is 31.0 Å². The zero-order chi connectivity index (χ0) is 18.8. The number of aryl methyl sites for hydroxylation is 1. The number of rotatable bonds is 4. The summed E-state index contributed by atoms with van der Waals surface area (Å²) in [5.41, 5.74) is 7.61. The molecule has 0 spiro atoms. The average molecular weight is 379 g/mol. The Morgan fingerprint density at radius 1 is 1.22 bits per heavy atom. The van der Waals surface area contributed by atoms with E-state index in [1.807, 2.05) is 24.3 Å². The van der Waals surface area contributed by atoms with Gasteiger partial charge < -0.3 is 15.2 Å². The Kier molecular flexibility index (Phi) is 4.55. The Labute approximate surface area is 160 Å². The summed E-state index contributed by atoms with van der Waals surface area (Å²) in [5, 5.41) is 9.02. The molecule has 27 heavy (non-hydrogen) atoms. The highest BCUT2D eigenvalue weighted by Crippen LogP contribution is 2.47. The number of nitrogens with two attached hydrogens (primary N) is 1. The van der Waals surface area contributed by atoms with Gasteiger partial charge in [-0.3, -0.25) is 0 Å². The normalized spacial score (nSPS) is 12.7. The largest absolute Gasteiger partial charge is 0.359 e. The molecule has 136 valence electrons. The topological polar surface area (TPSA) is 88.0 Å². The van der Waals surface area contributed by atoms with Crippen molar-refractivity contribution in [2.24, 2.45) is 10.8 Å². The molecule has 0 saturated carbocycles. The van der Waals surface area contributed by atoms with Gasteiger partial charge in [0.1, 0.15) is 5.76 Å². The van der Waals surface area contributed by atoms with Gasteiger partial charge in [-0.2, -0.15) is 10.1 Å². The average Bonchev–Trinajstić information content (AvgIpc) is 3.10. The van der Waals surface area contributed by atoms with Crippen LogP contribution in [0.1, 0.15) is 5.76 Å². The number of hydrazone groups is 1. The van der Waals surface area contributed by atoms with E-state index in [2.05, 4.69) is 39.4 Å². The molecule has 4 rings (SSSR count). The summed E-state index contributed by atoms with van der Waals surface area (Å²) in [6, 6.07) is 17.2. The van der Waals surface area contributed by atoms with Crippen LogP contribution in [0.3, 0.4) is 0 Å². The molecule has 1 aliphatic rings. The predicted octanol–water partition coefficient (Wildman–Crippen LogP) is 4.16. The zero-order valence-electron chi connectivity index (χ0n) is 14.6. The van der Waals surface area contributed by atoms with Crippen molar-refractivity contribution in [3.63, 3.8) is 0 Å². The van der Waals surface area contributed by atoms with E-state index in [0.717, 1.165) is 16.4 Å². The number of para-hydroxylation sites is 2. The van der Waals surface area contributed by atoms with Crippen molar-refractivity contribution >= 4 is 41.2 Å². The minimum absolute atomic E-state index is 0.256. The van der Waals surface area contributed by atoms with Crippen LogP contribution in [0.25, 0.3) is 0 Å². The van der Waals surface area contributed by atoms with Gasteiger partial charge in [0.05, 0.1) is 17.9 Å². The number of amides is 2. The van der Waals surface area contributed by atoms with Gasteiger partial charge >= 0.3 is 6.03 Å². The molecule has 0 aliphatic carbocycles. The Bertz CT molecular complexity index is 971. The van der Waals surface area contributed by atoms with Crippen LogP contribution in [0, 0.1) is 6.92 Å². The predicted molar refractivity (Wildman–Crippen MR) is 106 cm³/mol. The van der Waals surface area contributed by atoms with Crippen LogP contribution in [-0.2, 0) is 0 Å². The fraction of sp³-hybridized carbons (Fsp3) is 0.105. The minimum Gasteiger partial charge on any atom is -0.359 e. The lowest BCUT2D eigenvalue weighted by atomic mass is 10.2. The highest BCUT2D eigenvalue weighted by atomic mass is 32.2. The maximum atomic E-state index is 11.7. The molecule has 1 aliphatic heterocycles. The lowest BCUT2D eigenvalue weighted by molar-refractivity contribution is 0.253. The second kappa shape index (κ2) is 7.16. The molecule has 0 unspecified atom stereocenters. The molecule has 2 N–H and O–H groups in total. The van der Waals surface area contributed by atoms with Crippen molar-refractivity contribution < 1.29 is 9.32 Å². The zero-order valence-corrected chi connectivity index (χ0v) is 15.4.